The van der Waals surface area contributed by atoms with Crippen LogP contribution in [-0.2, 0) is 14.3 Å². The fourth-order valence-electron chi connectivity index (χ4n) is 3.05. The number of aliphatic carboxylic acids is 1. The molecule has 1 aliphatic carbocycles. The molecule has 2 N–H and O–H groups in total. The molecular formula is C17H21NO4S. The molecule has 5 nitrogen and oxygen atoms in total. The zero-order valence-corrected chi connectivity index (χ0v) is 13.7. The van der Waals surface area contributed by atoms with E-state index in [0.29, 0.717) is 18.5 Å². The highest BCUT2D eigenvalue weighted by molar-refractivity contribution is 8.00. The monoisotopic (exact) mass is 335 g/mol. The number of nitrogens with one attached hydrogen (secondary N) is 1. The third-order valence-electron chi connectivity index (χ3n) is 4.31. The second kappa shape index (κ2) is 7.36. The minimum Gasteiger partial charge on any atom is -0.479 e. The van der Waals surface area contributed by atoms with Crippen LogP contribution in [-0.4, -0.2) is 34.4 Å². The number of ether oxygens (including phenoxy) is 1. The van der Waals surface area contributed by atoms with Gasteiger partial charge in [-0.25, -0.2) is 4.79 Å². The fourth-order valence-corrected chi connectivity index (χ4v) is 4.30. The van der Waals surface area contributed by atoms with Crippen molar-refractivity contribution >= 4 is 29.3 Å². The number of carbonyl (C=O) groups excluding carboxylic acids is 1. The summed E-state index contributed by atoms with van der Waals surface area (Å²) in [4.78, 5) is 24.2. The molecule has 23 heavy (non-hydrogen) atoms. The van der Waals surface area contributed by atoms with E-state index in [1.165, 1.54) is 30.6 Å². The molecule has 1 heterocycles. The molecule has 124 valence electrons. The number of benzene rings is 1. The average Bonchev–Trinajstić information content (AvgIpc) is 3.20. The molecule has 1 saturated heterocycles. The van der Waals surface area contributed by atoms with Crippen LogP contribution in [0.5, 0.6) is 0 Å². The van der Waals surface area contributed by atoms with Gasteiger partial charge in [0.15, 0.2) is 6.10 Å². The van der Waals surface area contributed by atoms with Crippen LogP contribution in [0, 0.1) is 0 Å². The molecule has 0 bridgehead atoms. The average molecular weight is 335 g/mol. The predicted molar refractivity (Wildman–Crippen MR) is 88.7 cm³/mol. The molecule has 2 fully saturated rings. The van der Waals surface area contributed by atoms with Crippen LogP contribution in [0.25, 0.3) is 0 Å². The van der Waals surface area contributed by atoms with E-state index in [1.54, 1.807) is 0 Å². The van der Waals surface area contributed by atoms with E-state index in [9.17, 15) is 9.59 Å². The molecule has 1 amide bonds. The Morgan fingerprint density at radius 3 is 2.30 bits per heavy atom. The number of carbonyl (C=O) groups is 2. The maximum absolute atomic E-state index is 12.1. The van der Waals surface area contributed by atoms with Gasteiger partial charge in [-0.2, -0.15) is 0 Å². The summed E-state index contributed by atoms with van der Waals surface area (Å²) in [5, 5.41) is 12.4. The van der Waals surface area contributed by atoms with Gasteiger partial charge in [0.05, 0.1) is 0 Å². The van der Waals surface area contributed by atoms with Crippen LogP contribution in [0.2, 0.25) is 0 Å². The third-order valence-corrected chi connectivity index (χ3v) is 5.66. The molecule has 1 aliphatic heterocycles. The van der Waals surface area contributed by atoms with Crippen LogP contribution in [0.15, 0.2) is 29.2 Å². The highest BCUT2D eigenvalue weighted by atomic mass is 32.2. The number of thioether (sulfide) groups is 1. The maximum atomic E-state index is 12.1. The summed E-state index contributed by atoms with van der Waals surface area (Å²) in [6, 6.07) is 7.82. The van der Waals surface area contributed by atoms with Crippen LogP contribution in [0.3, 0.4) is 0 Å². The van der Waals surface area contributed by atoms with Gasteiger partial charge in [-0.1, -0.05) is 12.8 Å². The van der Waals surface area contributed by atoms with E-state index >= 15 is 0 Å². The van der Waals surface area contributed by atoms with Gasteiger partial charge < -0.3 is 15.2 Å². The van der Waals surface area contributed by atoms with Gasteiger partial charge in [0.1, 0.15) is 6.10 Å². The summed E-state index contributed by atoms with van der Waals surface area (Å²) < 4.78 is 5.25. The summed E-state index contributed by atoms with van der Waals surface area (Å²) in [6.45, 7) is 0. The molecule has 6 heteroatoms. The molecule has 1 saturated carbocycles. The van der Waals surface area contributed by atoms with Crippen molar-refractivity contribution in [1.82, 2.24) is 0 Å². The molecule has 0 unspecified atom stereocenters. The third kappa shape index (κ3) is 4.26. The summed E-state index contributed by atoms with van der Waals surface area (Å²) >= 11 is 1.90. The number of amides is 1. The molecule has 3 rings (SSSR count). The lowest BCUT2D eigenvalue weighted by molar-refractivity contribution is -0.150. The van der Waals surface area contributed by atoms with Gasteiger partial charge in [0, 0.05) is 15.8 Å². The van der Waals surface area contributed by atoms with Crippen molar-refractivity contribution in [2.24, 2.45) is 0 Å². The number of carboxylic acid groups (broad SMARTS) is 1. The van der Waals surface area contributed by atoms with Gasteiger partial charge in [-0.3, -0.25) is 4.79 Å². The smallest absolute Gasteiger partial charge is 0.332 e. The fraction of sp³-hybridized carbons (Fsp3) is 0.529. The normalized spacial score (nSPS) is 24.7. The lowest BCUT2D eigenvalue weighted by Gasteiger charge is -2.13. The summed E-state index contributed by atoms with van der Waals surface area (Å²) in [5.74, 6) is -1.28. The highest BCUT2D eigenvalue weighted by Crippen LogP contribution is 2.35. The quantitative estimate of drug-likeness (QED) is 0.863. The topological polar surface area (TPSA) is 75.6 Å². The van der Waals surface area contributed by atoms with Crippen LogP contribution in [0.4, 0.5) is 5.69 Å². The second-order valence-corrected chi connectivity index (χ2v) is 7.44. The van der Waals surface area contributed by atoms with Crippen molar-refractivity contribution in [1.29, 1.82) is 0 Å². The van der Waals surface area contributed by atoms with Crippen LogP contribution in [0.1, 0.15) is 38.5 Å². The van der Waals surface area contributed by atoms with Crippen molar-refractivity contribution in [2.45, 2.75) is 60.9 Å². The zero-order valence-electron chi connectivity index (χ0n) is 12.9. The van der Waals surface area contributed by atoms with Gasteiger partial charge >= 0.3 is 5.97 Å². The summed E-state index contributed by atoms with van der Waals surface area (Å²) in [6.07, 6.45) is 4.50. The van der Waals surface area contributed by atoms with E-state index in [1.807, 2.05) is 36.0 Å². The van der Waals surface area contributed by atoms with E-state index in [-0.39, 0.29) is 5.91 Å². The molecule has 2 aliphatic rings. The van der Waals surface area contributed by atoms with Crippen LogP contribution < -0.4 is 5.32 Å². The molecule has 0 aromatic heterocycles. The van der Waals surface area contributed by atoms with E-state index in [4.69, 9.17) is 9.84 Å². The lowest BCUT2D eigenvalue weighted by Crippen LogP contribution is -2.29. The number of hydrogen-bond donors (Lipinski definition) is 2. The van der Waals surface area contributed by atoms with E-state index in [2.05, 4.69) is 5.32 Å². The van der Waals surface area contributed by atoms with Gasteiger partial charge in [0.2, 0.25) is 0 Å². The minimum atomic E-state index is -1.01. The molecule has 2 atom stereocenters. The maximum Gasteiger partial charge on any atom is 0.332 e. The largest absolute Gasteiger partial charge is 0.479 e. The first kappa shape index (κ1) is 16.3. The van der Waals surface area contributed by atoms with Crippen molar-refractivity contribution in [2.75, 3.05) is 5.32 Å². The first-order valence-electron chi connectivity index (χ1n) is 8.07. The highest BCUT2D eigenvalue weighted by Gasteiger charge is 2.34. The number of rotatable bonds is 5. The predicted octanol–water partition coefficient (Wildman–Crippen LogP) is 3.29. The number of anilines is 1. The van der Waals surface area contributed by atoms with Gasteiger partial charge in [-0.15, -0.1) is 11.8 Å². The number of hydrogen-bond acceptors (Lipinski definition) is 4. The van der Waals surface area contributed by atoms with E-state index < -0.39 is 18.2 Å². The first-order chi connectivity index (χ1) is 11.1. The first-order valence-corrected chi connectivity index (χ1v) is 8.95. The SMILES string of the molecule is O=C(Nc1ccc(SC2CCCC2)cc1)[C@@H]1CC[C@H](C(=O)O)O1. The Bertz CT molecular complexity index is 568. The van der Waals surface area contributed by atoms with Gasteiger partial charge in [-0.05, 0) is 49.9 Å². The van der Waals surface area contributed by atoms with Crippen molar-refractivity contribution in [3.63, 3.8) is 0 Å². The Morgan fingerprint density at radius 1 is 1.04 bits per heavy atom. The Labute approximate surface area is 139 Å². The summed E-state index contributed by atoms with van der Waals surface area (Å²) in [5.41, 5.74) is 0.716. The second-order valence-electron chi connectivity index (χ2n) is 6.07. The molecule has 0 spiro atoms. The van der Waals surface area contributed by atoms with Gasteiger partial charge in [0.25, 0.3) is 5.91 Å². The number of carboxylic acids is 1. The Hall–Kier alpha value is -1.53. The molecule has 0 radical (unpaired) electrons. The summed E-state index contributed by atoms with van der Waals surface area (Å²) in [7, 11) is 0. The molecule has 1 aromatic rings. The van der Waals surface area contributed by atoms with E-state index in [0.717, 1.165) is 5.25 Å². The zero-order chi connectivity index (χ0) is 16.2. The van der Waals surface area contributed by atoms with Crippen molar-refractivity contribution < 1.29 is 19.4 Å². The minimum absolute atomic E-state index is 0.273. The standard InChI is InChI=1S/C17H21NO4S/c19-16(14-9-10-15(22-14)17(20)21)18-11-5-7-13(8-6-11)23-12-3-1-2-4-12/h5-8,12,14-15H,1-4,9-10H2,(H,18,19)(H,20,21)/t14-,15+/m0/s1. The Balaban J connectivity index is 1.51. The molecule has 1 aromatic carbocycles. The Morgan fingerprint density at radius 2 is 1.70 bits per heavy atom. The Kier molecular flexibility index (Phi) is 5.23. The van der Waals surface area contributed by atoms with Crippen molar-refractivity contribution in [3.8, 4) is 0 Å². The van der Waals surface area contributed by atoms with Crippen LogP contribution >= 0.6 is 11.8 Å². The lowest BCUT2D eigenvalue weighted by atomic mass is 10.2. The van der Waals surface area contributed by atoms with Crippen molar-refractivity contribution in [3.05, 3.63) is 24.3 Å². The molecular weight excluding hydrogens is 314 g/mol.